The van der Waals surface area contributed by atoms with Crippen molar-refractivity contribution in [1.82, 2.24) is 4.98 Å². The van der Waals surface area contributed by atoms with Crippen molar-refractivity contribution < 1.29 is 19.4 Å². The number of anilines is 1. The molecule has 0 spiro atoms. The molecule has 0 saturated carbocycles. The van der Waals surface area contributed by atoms with Crippen molar-refractivity contribution in [2.75, 3.05) is 12.1 Å². The first-order chi connectivity index (χ1) is 13.0. The molecular weight excluding hydrogens is 380 g/mol. The molecule has 0 unspecified atom stereocenters. The van der Waals surface area contributed by atoms with Crippen LogP contribution in [-0.4, -0.2) is 22.8 Å². The molecule has 1 aliphatic rings. The molecule has 28 heavy (non-hydrogen) atoms. The highest BCUT2D eigenvalue weighted by molar-refractivity contribution is 5.93. The summed E-state index contributed by atoms with van der Waals surface area (Å²) < 4.78 is 10.9. The van der Waals surface area contributed by atoms with Crippen molar-refractivity contribution in [3.05, 3.63) is 42.0 Å². The molecule has 2 heterocycles. The summed E-state index contributed by atoms with van der Waals surface area (Å²) in [5.41, 5.74) is 3.59. The number of nitrogens with zero attached hydrogens (tertiary/aromatic N) is 1. The summed E-state index contributed by atoms with van der Waals surface area (Å²) in [6.45, 7) is 4.15. The number of carbonyl (C=O) groups excluding carboxylic acids is 1. The van der Waals surface area contributed by atoms with Gasteiger partial charge in [-0.25, -0.2) is 4.98 Å². The first kappa shape index (κ1) is 19.8. The number of aromatic nitrogens is 1. The van der Waals surface area contributed by atoms with Crippen LogP contribution in [0.2, 0.25) is 0 Å². The van der Waals surface area contributed by atoms with Gasteiger partial charge in [0.2, 0.25) is 12.7 Å². The Balaban J connectivity index is 0.00000225. The number of nitrogens with one attached hydrogen (secondary N) is 1. The number of carbonyl (C=O) groups is 1. The van der Waals surface area contributed by atoms with Gasteiger partial charge in [-0.05, 0) is 49.2 Å². The highest BCUT2D eigenvalue weighted by Crippen LogP contribution is 2.38. The Kier molecular flexibility index (Phi) is 5.61. The van der Waals surface area contributed by atoms with Crippen LogP contribution in [0.4, 0.5) is 5.69 Å². The highest BCUT2D eigenvalue weighted by atomic mass is 35.5. The molecule has 0 saturated heterocycles. The van der Waals surface area contributed by atoms with Gasteiger partial charge in [0.1, 0.15) is 5.75 Å². The normalized spacial score (nSPS) is 11.9. The van der Waals surface area contributed by atoms with E-state index in [9.17, 15) is 9.90 Å². The van der Waals surface area contributed by atoms with E-state index in [4.69, 9.17) is 14.5 Å². The van der Waals surface area contributed by atoms with Crippen LogP contribution in [-0.2, 0) is 4.79 Å². The molecule has 0 fully saturated rings. The molecule has 1 aromatic heterocycles. The number of ether oxygens (including phenoxy) is 2. The van der Waals surface area contributed by atoms with Crippen LogP contribution in [0.25, 0.3) is 22.2 Å². The van der Waals surface area contributed by atoms with Crippen LogP contribution >= 0.6 is 12.4 Å². The first-order valence-electron chi connectivity index (χ1n) is 8.89. The fourth-order valence-corrected chi connectivity index (χ4v) is 3.19. The zero-order chi connectivity index (χ0) is 19.0. The van der Waals surface area contributed by atoms with Crippen LogP contribution in [0.3, 0.4) is 0 Å². The first-order valence-corrected chi connectivity index (χ1v) is 8.89. The maximum atomic E-state index is 11.9. The number of pyridine rings is 1. The SMILES string of the molecule is CCCC(=O)Nc1ccc(O)c(-c2cc(C)c3cc4c(cc3n2)OCO4)c1.Cl. The van der Waals surface area contributed by atoms with E-state index < -0.39 is 0 Å². The van der Waals surface area contributed by atoms with E-state index in [0.717, 1.165) is 22.9 Å². The maximum absolute atomic E-state index is 11.9. The quantitative estimate of drug-likeness (QED) is 0.614. The van der Waals surface area contributed by atoms with Crippen molar-refractivity contribution in [3.8, 4) is 28.5 Å². The lowest BCUT2D eigenvalue weighted by atomic mass is 10.0. The summed E-state index contributed by atoms with van der Waals surface area (Å²) in [6, 6.07) is 10.7. The summed E-state index contributed by atoms with van der Waals surface area (Å²) in [5.74, 6) is 1.43. The molecule has 0 atom stereocenters. The van der Waals surface area contributed by atoms with Crippen molar-refractivity contribution in [2.24, 2.45) is 0 Å². The van der Waals surface area contributed by atoms with Crippen LogP contribution in [0.1, 0.15) is 25.3 Å². The van der Waals surface area contributed by atoms with Gasteiger partial charge in [0.05, 0.1) is 11.2 Å². The molecule has 6 nitrogen and oxygen atoms in total. The number of aromatic hydroxyl groups is 1. The number of fused-ring (bicyclic) bond motifs is 2. The lowest BCUT2D eigenvalue weighted by Crippen LogP contribution is -2.10. The Morgan fingerprint density at radius 1 is 1.18 bits per heavy atom. The number of hydrogen-bond acceptors (Lipinski definition) is 5. The van der Waals surface area contributed by atoms with Crippen LogP contribution in [0, 0.1) is 6.92 Å². The summed E-state index contributed by atoms with van der Waals surface area (Å²) in [6.07, 6.45) is 1.23. The molecule has 0 aliphatic carbocycles. The summed E-state index contributed by atoms with van der Waals surface area (Å²) in [7, 11) is 0. The second kappa shape index (κ2) is 7.94. The van der Waals surface area contributed by atoms with E-state index in [0.29, 0.717) is 34.9 Å². The monoisotopic (exact) mass is 400 g/mol. The standard InChI is InChI=1S/C21H20N2O4.ClH/c1-3-4-21(25)22-13-5-6-18(24)15(8-13)16-7-12(2)14-9-19-20(27-11-26-19)10-17(14)23-16;/h5-10,24H,3-4,11H2,1-2H3,(H,22,25);1H. The second-order valence-electron chi connectivity index (χ2n) is 6.58. The Morgan fingerprint density at radius 2 is 1.93 bits per heavy atom. The predicted octanol–water partition coefficient (Wildman–Crippen LogP) is 4.80. The molecule has 146 valence electrons. The van der Waals surface area contributed by atoms with E-state index in [2.05, 4.69) is 5.32 Å². The molecule has 2 N–H and O–H groups in total. The maximum Gasteiger partial charge on any atom is 0.231 e. The third-order valence-electron chi connectivity index (χ3n) is 4.54. The minimum atomic E-state index is -0.0514. The fraction of sp³-hybridized carbons (Fsp3) is 0.238. The van der Waals surface area contributed by atoms with Gasteiger partial charge in [-0.1, -0.05) is 6.92 Å². The van der Waals surface area contributed by atoms with E-state index in [1.165, 1.54) is 0 Å². The number of phenols is 1. The summed E-state index contributed by atoms with van der Waals surface area (Å²) >= 11 is 0. The molecule has 0 radical (unpaired) electrons. The van der Waals surface area contributed by atoms with Gasteiger partial charge in [0.15, 0.2) is 11.5 Å². The number of hydrogen-bond donors (Lipinski definition) is 2. The van der Waals surface area contributed by atoms with Gasteiger partial charge in [-0.15, -0.1) is 12.4 Å². The number of amides is 1. The number of halogens is 1. The largest absolute Gasteiger partial charge is 0.507 e. The fourth-order valence-electron chi connectivity index (χ4n) is 3.19. The summed E-state index contributed by atoms with van der Waals surface area (Å²) in [4.78, 5) is 16.6. The lowest BCUT2D eigenvalue weighted by Gasteiger charge is -2.11. The van der Waals surface area contributed by atoms with E-state index in [1.54, 1.807) is 18.2 Å². The van der Waals surface area contributed by atoms with Crippen molar-refractivity contribution in [3.63, 3.8) is 0 Å². The van der Waals surface area contributed by atoms with E-state index in [1.807, 2.05) is 32.0 Å². The van der Waals surface area contributed by atoms with Gasteiger partial charge in [0, 0.05) is 29.1 Å². The van der Waals surface area contributed by atoms with Crippen molar-refractivity contribution >= 4 is 34.9 Å². The smallest absolute Gasteiger partial charge is 0.231 e. The Morgan fingerprint density at radius 3 is 2.68 bits per heavy atom. The third-order valence-corrected chi connectivity index (χ3v) is 4.54. The van der Waals surface area contributed by atoms with Crippen molar-refractivity contribution in [2.45, 2.75) is 26.7 Å². The molecule has 7 heteroatoms. The van der Waals surface area contributed by atoms with Crippen LogP contribution < -0.4 is 14.8 Å². The molecule has 4 rings (SSSR count). The molecule has 3 aromatic rings. The predicted molar refractivity (Wildman–Crippen MR) is 110 cm³/mol. The zero-order valence-electron chi connectivity index (χ0n) is 15.6. The van der Waals surface area contributed by atoms with Gasteiger partial charge in [0.25, 0.3) is 0 Å². The van der Waals surface area contributed by atoms with Gasteiger partial charge in [-0.2, -0.15) is 0 Å². The van der Waals surface area contributed by atoms with Crippen LogP contribution in [0.5, 0.6) is 17.2 Å². The average molecular weight is 401 g/mol. The Labute approximate surface area is 168 Å². The second-order valence-corrected chi connectivity index (χ2v) is 6.58. The Hall–Kier alpha value is -2.99. The van der Waals surface area contributed by atoms with Gasteiger partial charge < -0.3 is 19.9 Å². The molecule has 2 aromatic carbocycles. The highest BCUT2D eigenvalue weighted by Gasteiger charge is 2.17. The molecular formula is C21H21ClN2O4. The molecule has 0 bridgehead atoms. The number of phenolic OH excluding ortho intramolecular Hbond substituents is 1. The number of aryl methyl sites for hydroxylation is 1. The van der Waals surface area contributed by atoms with E-state index in [-0.39, 0.29) is 30.9 Å². The van der Waals surface area contributed by atoms with Gasteiger partial charge >= 0.3 is 0 Å². The van der Waals surface area contributed by atoms with E-state index >= 15 is 0 Å². The number of rotatable bonds is 4. The van der Waals surface area contributed by atoms with Crippen molar-refractivity contribution in [1.29, 1.82) is 0 Å². The minimum Gasteiger partial charge on any atom is -0.507 e. The topological polar surface area (TPSA) is 80.7 Å². The average Bonchev–Trinajstić information content (AvgIpc) is 3.09. The summed E-state index contributed by atoms with van der Waals surface area (Å²) in [5, 5.41) is 14.2. The minimum absolute atomic E-state index is 0. The molecule has 1 aliphatic heterocycles. The molecule has 1 amide bonds. The van der Waals surface area contributed by atoms with Crippen LogP contribution in [0.15, 0.2) is 36.4 Å². The van der Waals surface area contributed by atoms with Gasteiger partial charge in [-0.3, -0.25) is 4.79 Å². The lowest BCUT2D eigenvalue weighted by molar-refractivity contribution is -0.116. The Bertz CT molecular complexity index is 1050. The third kappa shape index (κ3) is 3.68. The zero-order valence-corrected chi connectivity index (χ0v) is 16.4. The number of benzene rings is 2.